The van der Waals surface area contributed by atoms with Crippen LogP contribution in [0.1, 0.15) is 11.1 Å². The van der Waals surface area contributed by atoms with E-state index in [1.807, 2.05) is 0 Å². The van der Waals surface area contributed by atoms with Gasteiger partial charge in [0.25, 0.3) is 0 Å². The third-order valence-electron chi connectivity index (χ3n) is 4.09. The number of morpholine rings is 1. The summed E-state index contributed by atoms with van der Waals surface area (Å²) in [5.74, 6) is 0.938. The fraction of sp³-hybridized carbons (Fsp3) is 0.562. The lowest BCUT2D eigenvalue weighted by molar-refractivity contribution is 0.0398. The SMILES string of the molecule is COc1cc(C)c2nc(NCCN3CCOCC3)sc2c1C. The minimum Gasteiger partial charge on any atom is -0.496 e. The highest BCUT2D eigenvalue weighted by Gasteiger charge is 2.13. The third-order valence-corrected chi connectivity index (χ3v) is 5.22. The molecular weight excluding hydrogens is 298 g/mol. The lowest BCUT2D eigenvalue weighted by Gasteiger charge is -2.26. The topological polar surface area (TPSA) is 46.6 Å². The summed E-state index contributed by atoms with van der Waals surface area (Å²) >= 11 is 1.71. The van der Waals surface area contributed by atoms with Crippen molar-refractivity contribution in [3.63, 3.8) is 0 Å². The van der Waals surface area contributed by atoms with Crippen LogP contribution in [-0.2, 0) is 4.74 Å². The Bertz CT molecular complexity index is 650. The summed E-state index contributed by atoms with van der Waals surface area (Å²) in [6, 6.07) is 2.06. The lowest BCUT2D eigenvalue weighted by Crippen LogP contribution is -2.38. The van der Waals surface area contributed by atoms with Crippen LogP contribution in [0.25, 0.3) is 10.2 Å². The normalized spacial score (nSPS) is 16.1. The number of nitrogens with one attached hydrogen (secondary N) is 1. The predicted molar refractivity (Wildman–Crippen MR) is 91.4 cm³/mol. The molecule has 1 aliphatic heterocycles. The van der Waals surface area contributed by atoms with Gasteiger partial charge in [-0.15, -0.1) is 0 Å². The van der Waals surface area contributed by atoms with Gasteiger partial charge in [-0.05, 0) is 25.5 Å². The zero-order valence-corrected chi connectivity index (χ0v) is 14.3. The highest BCUT2D eigenvalue weighted by molar-refractivity contribution is 7.22. The summed E-state index contributed by atoms with van der Waals surface area (Å²) in [4.78, 5) is 7.16. The molecule has 6 heteroatoms. The molecular formula is C16H23N3O2S. The molecule has 22 heavy (non-hydrogen) atoms. The van der Waals surface area contributed by atoms with Gasteiger partial charge in [-0.2, -0.15) is 0 Å². The molecule has 1 aromatic carbocycles. The molecule has 0 saturated carbocycles. The average molecular weight is 321 g/mol. The van der Waals surface area contributed by atoms with E-state index in [4.69, 9.17) is 14.5 Å². The van der Waals surface area contributed by atoms with Crippen LogP contribution in [0.5, 0.6) is 5.75 Å². The fourth-order valence-corrected chi connectivity index (χ4v) is 3.82. The molecule has 1 aromatic heterocycles. The number of aryl methyl sites for hydroxylation is 2. The van der Waals surface area contributed by atoms with Crippen molar-refractivity contribution in [2.24, 2.45) is 0 Å². The third kappa shape index (κ3) is 3.19. The van der Waals surface area contributed by atoms with Crippen molar-refractivity contribution in [1.29, 1.82) is 0 Å². The van der Waals surface area contributed by atoms with E-state index in [0.717, 1.165) is 61.4 Å². The first-order valence-corrected chi connectivity index (χ1v) is 8.49. The minimum atomic E-state index is 0.847. The van der Waals surface area contributed by atoms with Crippen LogP contribution >= 0.6 is 11.3 Å². The predicted octanol–water partition coefficient (Wildman–Crippen LogP) is 2.67. The molecule has 0 radical (unpaired) electrons. The molecule has 3 rings (SSSR count). The number of benzene rings is 1. The van der Waals surface area contributed by atoms with Crippen LogP contribution in [0.2, 0.25) is 0 Å². The summed E-state index contributed by atoms with van der Waals surface area (Å²) < 4.78 is 12.0. The Morgan fingerprint density at radius 1 is 1.36 bits per heavy atom. The van der Waals surface area contributed by atoms with Crippen LogP contribution in [0, 0.1) is 13.8 Å². The summed E-state index contributed by atoms with van der Waals surface area (Å²) in [5.41, 5.74) is 3.41. The van der Waals surface area contributed by atoms with Gasteiger partial charge in [-0.1, -0.05) is 11.3 Å². The van der Waals surface area contributed by atoms with Crippen molar-refractivity contribution in [1.82, 2.24) is 9.88 Å². The summed E-state index contributed by atoms with van der Waals surface area (Å²) in [6.45, 7) is 9.86. The molecule has 0 atom stereocenters. The van der Waals surface area contributed by atoms with Crippen molar-refractivity contribution in [2.75, 3.05) is 51.8 Å². The second-order valence-corrected chi connectivity index (χ2v) is 6.60. The average Bonchev–Trinajstić information content (AvgIpc) is 2.97. The first-order valence-electron chi connectivity index (χ1n) is 7.67. The largest absolute Gasteiger partial charge is 0.496 e. The van der Waals surface area contributed by atoms with Crippen molar-refractivity contribution >= 4 is 26.7 Å². The van der Waals surface area contributed by atoms with E-state index < -0.39 is 0 Å². The van der Waals surface area contributed by atoms with Crippen LogP contribution in [-0.4, -0.2) is 56.4 Å². The van der Waals surface area contributed by atoms with Gasteiger partial charge in [0.2, 0.25) is 0 Å². The van der Waals surface area contributed by atoms with Gasteiger partial charge in [0.05, 0.1) is 30.5 Å². The number of hydrogen-bond acceptors (Lipinski definition) is 6. The maximum atomic E-state index is 5.44. The number of rotatable bonds is 5. The van der Waals surface area contributed by atoms with E-state index in [1.54, 1.807) is 18.4 Å². The Kier molecular flexibility index (Phi) is 4.81. The Morgan fingerprint density at radius 3 is 2.86 bits per heavy atom. The number of anilines is 1. The van der Waals surface area contributed by atoms with Crippen LogP contribution in [0.3, 0.4) is 0 Å². The molecule has 2 heterocycles. The van der Waals surface area contributed by atoms with Crippen LogP contribution < -0.4 is 10.1 Å². The smallest absolute Gasteiger partial charge is 0.183 e. The van der Waals surface area contributed by atoms with E-state index in [1.165, 1.54) is 10.3 Å². The Hall–Kier alpha value is -1.37. The molecule has 5 nitrogen and oxygen atoms in total. The van der Waals surface area contributed by atoms with E-state index in [2.05, 4.69) is 30.1 Å². The summed E-state index contributed by atoms with van der Waals surface area (Å²) in [5, 5.41) is 4.45. The minimum absolute atomic E-state index is 0.847. The number of ether oxygens (including phenoxy) is 2. The summed E-state index contributed by atoms with van der Waals surface area (Å²) in [7, 11) is 1.72. The van der Waals surface area contributed by atoms with E-state index in [0.29, 0.717) is 0 Å². The fourth-order valence-electron chi connectivity index (χ4n) is 2.76. The molecule has 1 N–H and O–H groups in total. The first-order chi connectivity index (χ1) is 10.7. The monoisotopic (exact) mass is 321 g/mol. The van der Waals surface area contributed by atoms with Crippen molar-refractivity contribution in [2.45, 2.75) is 13.8 Å². The second-order valence-electron chi connectivity index (χ2n) is 5.60. The number of nitrogens with zero attached hydrogens (tertiary/aromatic N) is 2. The number of hydrogen-bond donors (Lipinski definition) is 1. The molecule has 0 unspecified atom stereocenters. The molecule has 0 bridgehead atoms. The van der Waals surface area contributed by atoms with Gasteiger partial charge in [0.15, 0.2) is 5.13 Å². The number of fused-ring (bicyclic) bond motifs is 1. The molecule has 1 fully saturated rings. The van der Waals surface area contributed by atoms with Gasteiger partial charge < -0.3 is 14.8 Å². The van der Waals surface area contributed by atoms with Crippen LogP contribution in [0.4, 0.5) is 5.13 Å². The van der Waals surface area contributed by atoms with Gasteiger partial charge >= 0.3 is 0 Å². The van der Waals surface area contributed by atoms with Crippen molar-refractivity contribution < 1.29 is 9.47 Å². The number of aromatic nitrogens is 1. The standard InChI is InChI=1S/C16H23N3O2S/c1-11-10-13(20-3)12(2)15-14(11)18-16(22-15)17-4-5-19-6-8-21-9-7-19/h10H,4-9H2,1-3H3,(H,17,18). The highest BCUT2D eigenvalue weighted by atomic mass is 32.1. The highest BCUT2D eigenvalue weighted by Crippen LogP contribution is 2.35. The van der Waals surface area contributed by atoms with Gasteiger partial charge in [-0.3, -0.25) is 4.90 Å². The molecule has 120 valence electrons. The lowest BCUT2D eigenvalue weighted by atomic mass is 10.1. The Labute approximate surface area is 135 Å². The Morgan fingerprint density at radius 2 is 2.14 bits per heavy atom. The molecule has 0 spiro atoms. The van der Waals surface area contributed by atoms with Crippen molar-refractivity contribution in [3.05, 3.63) is 17.2 Å². The van der Waals surface area contributed by atoms with E-state index >= 15 is 0 Å². The summed E-state index contributed by atoms with van der Waals surface area (Å²) in [6.07, 6.45) is 0. The molecule has 1 aliphatic rings. The number of thiazole rings is 1. The maximum absolute atomic E-state index is 5.44. The van der Waals surface area contributed by atoms with E-state index in [-0.39, 0.29) is 0 Å². The number of methoxy groups -OCH3 is 1. The maximum Gasteiger partial charge on any atom is 0.183 e. The molecule has 0 amide bonds. The van der Waals surface area contributed by atoms with Crippen LogP contribution in [0.15, 0.2) is 6.07 Å². The zero-order chi connectivity index (χ0) is 15.5. The quantitative estimate of drug-likeness (QED) is 0.917. The van der Waals surface area contributed by atoms with Gasteiger partial charge in [-0.25, -0.2) is 4.98 Å². The first kappa shape index (κ1) is 15.5. The van der Waals surface area contributed by atoms with E-state index in [9.17, 15) is 0 Å². The zero-order valence-electron chi connectivity index (χ0n) is 13.4. The molecule has 1 saturated heterocycles. The van der Waals surface area contributed by atoms with Crippen molar-refractivity contribution in [3.8, 4) is 5.75 Å². The van der Waals surface area contributed by atoms with Gasteiger partial charge in [0.1, 0.15) is 5.75 Å². The molecule has 0 aliphatic carbocycles. The Balaban J connectivity index is 1.69. The van der Waals surface area contributed by atoms with Gasteiger partial charge in [0, 0.05) is 31.7 Å². The molecule has 2 aromatic rings. The second kappa shape index (κ2) is 6.81.